The minimum atomic E-state index is -0.637. The van der Waals surface area contributed by atoms with Crippen molar-refractivity contribution in [3.05, 3.63) is 10.6 Å². The molecule has 2 fully saturated rings. The van der Waals surface area contributed by atoms with Crippen molar-refractivity contribution in [3.8, 4) is 6.07 Å². The molecule has 1 heterocycles. The summed E-state index contributed by atoms with van der Waals surface area (Å²) in [4.78, 5) is 25.1. The zero-order valence-electron chi connectivity index (χ0n) is 10.1. The first kappa shape index (κ1) is 13.0. The van der Waals surface area contributed by atoms with Crippen molar-refractivity contribution < 1.29 is 14.3 Å². The van der Waals surface area contributed by atoms with Crippen LogP contribution in [0.1, 0.15) is 26.2 Å². The van der Waals surface area contributed by atoms with Crippen LogP contribution in [0.15, 0.2) is 10.6 Å². The number of hydrogen-bond acceptors (Lipinski definition) is 5. The molecule has 1 aliphatic carbocycles. The van der Waals surface area contributed by atoms with E-state index < -0.39 is 5.97 Å². The summed E-state index contributed by atoms with van der Waals surface area (Å²) in [7, 11) is 0. The van der Waals surface area contributed by atoms with Gasteiger partial charge in [0.15, 0.2) is 5.57 Å². The molecule has 0 unspecified atom stereocenters. The second-order valence-corrected chi connectivity index (χ2v) is 5.11. The summed E-state index contributed by atoms with van der Waals surface area (Å²) in [6.45, 7) is 1.91. The normalized spacial score (nSPS) is 22.4. The van der Waals surface area contributed by atoms with E-state index in [4.69, 9.17) is 10.00 Å². The predicted molar refractivity (Wildman–Crippen MR) is 66.2 cm³/mol. The van der Waals surface area contributed by atoms with E-state index in [1.165, 1.54) is 11.8 Å². The number of carbonyl (C=O) groups is 2. The first-order valence-electron chi connectivity index (χ1n) is 5.95. The molecule has 0 aromatic carbocycles. The van der Waals surface area contributed by atoms with Gasteiger partial charge in [0.25, 0.3) is 0 Å². The summed E-state index contributed by atoms with van der Waals surface area (Å²) < 4.78 is 4.85. The quantitative estimate of drug-likeness (QED) is 0.439. The van der Waals surface area contributed by atoms with Gasteiger partial charge in [-0.05, 0) is 26.2 Å². The number of thioether (sulfide) groups is 1. The molecule has 0 aromatic heterocycles. The molecular weight excluding hydrogens is 252 g/mol. The maximum absolute atomic E-state index is 11.8. The number of hydrogen-bond donors (Lipinski definition) is 0. The first-order valence-corrected chi connectivity index (χ1v) is 6.94. The van der Waals surface area contributed by atoms with Crippen molar-refractivity contribution in [2.24, 2.45) is 0 Å². The average Bonchev–Trinajstić information content (AvgIpc) is 2.62. The number of amides is 1. The lowest BCUT2D eigenvalue weighted by atomic mass is 9.91. The highest BCUT2D eigenvalue weighted by molar-refractivity contribution is 8.04. The van der Waals surface area contributed by atoms with Gasteiger partial charge in [0, 0.05) is 6.04 Å². The van der Waals surface area contributed by atoms with Crippen LogP contribution in [0.25, 0.3) is 0 Å². The van der Waals surface area contributed by atoms with Gasteiger partial charge >= 0.3 is 5.97 Å². The van der Waals surface area contributed by atoms with Crippen LogP contribution in [0.5, 0.6) is 0 Å². The highest BCUT2D eigenvalue weighted by atomic mass is 32.2. The Bertz CT molecular complexity index is 449. The Labute approximate surface area is 110 Å². The summed E-state index contributed by atoms with van der Waals surface area (Å²) in [6.07, 6.45) is 2.97. The van der Waals surface area contributed by atoms with Crippen molar-refractivity contribution >= 4 is 23.6 Å². The van der Waals surface area contributed by atoms with Crippen molar-refractivity contribution in [3.63, 3.8) is 0 Å². The molecule has 0 radical (unpaired) electrons. The van der Waals surface area contributed by atoms with Crippen LogP contribution in [0.3, 0.4) is 0 Å². The molecule has 1 amide bonds. The number of nitriles is 1. The van der Waals surface area contributed by atoms with Gasteiger partial charge in [-0.3, -0.25) is 4.79 Å². The molecule has 5 nitrogen and oxygen atoms in total. The molecule has 1 aliphatic heterocycles. The second-order valence-electron chi connectivity index (χ2n) is 4.15. The topological polar surface area (TPSA) is 70.4 Å². The number of nitrogens with zero attached hydrogens (tertiary/aromatic N) is 2. The van der Waals surface area contributed by atoms with Gasteiger partial charge in [-0.25, -0.2) is 4.79 Å². The highest BCUT2D eigenvalue weighted by Gasteiger charge is 2.39. The molecule has 0 aromatic rings. The fraction of sp³-hybridized carbons (Fsp3) is 0.583. The molecule has 1 saturated carbocycles. The Kier molecular flexibility index (Phi) is 3.92. The molecule has 96 valence electrons. The van der Waals surface area contributed by atoms with Crippen LogP contribution in [-0.2, 0) is 14.3 Å². The summed E-state index contributed by atoms with van der Waals surface area (Å²) in [5.74, 6) is -0.352. The fourth-order valence-electron chi connectivity index (χ4n) is 1.97. The van der Waals surface area contributed by atoms with E-state index in [0.29, 0.717) is 10.8 Å². The van der Waals surface area contributed by atoms with Crippen LogP contribution in [0.2, 0.25) is 0 Å². The fourth-order valence-corrected chi connectivity index (χ4v) is 3.04. The molecule has 1 saturated heterocycles. The molecule has 6 heteroatoms. The van der Waals surface area contributed by atoms with Crippen molar-refractivity contribution in [2.45, 2.75) is 32.2 Å². The number of ether oxygens (including phenoxy) is 1. The van der Waals surface area contributed by atoms with Gasteiger partial charge in [0.05, 0.1) is 12.4 Å². The third-order valence-corrected chi connectivity index (χ3v) is 4.13. The summed E-state index contributed by atoms with van der Waals surface area (Å²) in [5, 5.41) is 9.58. The summed E-state index contributed by atoms with van der Waals surface area (Å²) in [6, 6.07) is 2.03. The molecule has 2 rings (SSSR count). The van der Waals surface area contributed by atoms with Crippen LogP contribution < -0.4 is 0 Å². The van der Waals surface area contributed by atoms with Crippen molar-refractivity contribution in [2.75, 3.05) is 12.4 Å². The Balaban J connectivity index is 2.30. The van der Waals surface area contributed by atoms with Crippen molar-refractivity contribution in [1.29, 1.82) is 5.26 Å². The van der Waals surface area contributed by atoms with E-state index in [-0.39, 0.29) is 24.1 Å². The Hall–Kier alpha value is -1.48. The van der Waals surface area contributed by atoms with E-state index in [2.05, 4.69) is 0 Å². The van der Waals surface area contributed by atoms with E-state index >= 15 is 0 Å². The minimum absolute atomic E-state index is 0.0169. The predicted octanol–water partition coefficient (Wildman–Crippen LogP) is 1.41. The van der Waals surface area contributed by atoms with E-state index in [1.807, 2.05) is 6.07 Å². The van der Waals surface area contributed by atoms with E-state index in [9.17, 15) is 9.59 Å². The maximum Gasteiger partial charge on any atom is 0.351 e. The van der Waals surface area contributed by atoms with Crippen LogP contribution in [0, 0.1) is 11.3 Å². The SMILES string of the molecule is CCOC(=O)C(C#N)=C1SCC(=O)N1C1CCC1. The molecule has 2 aliphatic rings. The molecule has 0 bridgehead atoms. The number of rotatable bonds is 3. The van der Waals surface area contributed by atoms with Gasteiger partial charge in [0.1, 0.15) is 11.1 Å². The van der Waals surface area contributed by atoms with E-state index in [1.54, 1.807) is 11.8 Å². The van der Waals surface area contributed by atoms with Gasteiger partial charge in [-0.15, -0.1) is 0 Å². The van der Waals surface area contributed by atoms with Crippen molar-refractivity contribution in [1.82, 2.24) is 4.90 Å². The standard InChI is InChI=1S/C12H14N2O3S/c1-2-17-12(16)9(6-13)11-14(8-4-3-5-8)10(15)7-18-11/h8H,2-5,7H2,1H3. The molecule has 18 heavy (non-hydrogen) atoms. The van der Waals surface area contributed by atoms with Crippen LogP contribution in [-0.4, -0.2) is 35.2 Å². The van der Waals surface area contributed by atoms with Gasteiger partial charge in [-0.1, -0.05) is 11.8 Å². The third-order valence-electron chi connectivity index (χ3n) is 3.06. The summed E-state index contributed by atoms with van der Waals surface area (Å²) in [5.41, 5.74) is -0.0420. The summed E-state index contributed by atoms with van der Waals surface area (Å²) >= 11 is 1.26. The monoisotopic (exact) mass is 266 g/mol. The zero-order valence-corrected chi connectivity index (χ0v) is 11.0. The first-order chi connectivity index (χ1) is 8.69. The van der Waals surface area contributed by atoms with Crippen LogP contribution >= 0.6 is 11.8 Å². The lowest BCUT2D eigenvalue weighted by Gasteiger charge is -2.34. The Morgan fingerprint density at radius 1 is 1.61 bits per heavy atom. The lowest BCUT2D eigenvalue weighted by Crippen LogP contribution is -2.41. The Morgan fingerprint density at radius 3 is 2.83 bits per heavy atom. The molecule has 0 N–H and O–H groups in total. The van der Waals surface area contributed by atoms with Gasteiger partial charge in [0.2, 0.25) is 5.91 Å². The van der Waals surface area contributed by atoms with E-state index in [0.717, 1.165) is 19.3 Å². The smallest absolute Gasteiger partial charge is 0.351 e. The lowest BCUT2D eigenvalue weighted by molar-refractivity contribution is -0.138. The second kappa shape index (κ2) is 5.44. The van der Waals surface area contributed by atoms with Gasteiger partial charge in [-0.2, -0.15) is 5.26 Å². The van der Waals surface area contributed by atoms with Crippen LogP contribution in [0.4, 0.5) is 0 Å². The molecular formula is C12H14N2O3S. The number of esters is 1. The molecule has 0 spiro atoms. The number of carbonyl (C=O) groups excluding carboxylic acids is 2. The highest BCUT2D eigenvalue weighted by Crippen LogP contribution is 2.39. The van der Waals surface area contributed by atoms with Gasteiger partial charge < -0.3 is 9.64 Å². The third kappa shape index (κ3) is 2.23. The maximum atomic E-state index is 11.8. The molecule has 0 atom stereocenters. The largest absolute Gasteiger partial charge is 0.462 e. The zero-order chi connectivity index (χ0) is 13.1. The minimum Gasteiger partial charge on any atom is -0.462 e. The Morgan fingerprint density at radius 2 is 2.33 bits per heavy atom. The average molecular weight is 266 g/mol.